The van der Waals surface area contributed by atoms with Crippen LogP contribution in [-0.2, 0) is 4.74 Å². The van der Waals surface area contributed by atoms with Gasteiger partial charge in [-0.25, -0.2) is 4.79 Å². The molecule has 0 aliphatic rings. The first-order valence-electron chi connectivity index (χ1n) is 5.83. The molecule has 0 saturated carbocycles. The van der Waals surface area contributed by atoms with Crippen LogP contribution in [0.5, 0.6) is 0 Å². The molecule has 5 heteroatoms. The van der Waals surface area contributed by atoms with E-state index in [0.29, 0.717) is 10.4 Å². The Kier molecular flexibility index (Phi) is 3.26. The number of rotatable bonds is 2. The largest absolute Gasteiger partial charge is 0.465 e. The minimum Gasteiger partial charge on any atom is -0.465 e. The van der Waals surface area contributed by atoms with Crippen LogP contribution in [0.4, 0.5) is 0 Å². The van der Waals surface area contributed by atoms with E-state index in [-0.39, 0.29) is 5.97 Å². The molecule has 98 valence electrons. The molecule has 0 atom stereocenters. The van der Waals surface area contributed by atoms with Crippen LogP contribution in [0.3, 0.4) is 0 Å². The molecule has 0 fully saturated rings. The van der Waals surface area contributed by atoms with Gasteiger partial charge in [0.05, 0.1) is 23.4 Å². The predicted octanol–water partition coefficient (Wildman–Crippen LogP) is 4.29. The number of thiophene rings is 2. The molecular weight excluding hydrogens is 290 g/mol. The first-order chi connectivity index (χ1) is 9.72. The Hall–Kier alpha value is -2.16. The second-order valence-electron chi connectivity index (χ2n) is 4.13. The van der Waals surface area contributed by atoms with Gasteiger partial charge in [0, 0.05) is 15.6 Å². The molecule has 3 nitrogen and oxygen atoms in total. The Morgan fingerprint density at radius 3 is 2.70 bits per heavy atom. The smallest absolute Gasteiger partial charge is 0.348 e. The zero-order chi connectivity index (χ0) is 14.1. The molecule has 0 bridgehead atoms. The summed E-state index contributed by atoms with van der Waals surface area (Å²) in [6.07, 6.45) is 0. The maximum absolute atomic E-state index is 11.6. The number of ether oxygens (including phenoxy) is 1. The Morgan fingerprint density at radius 1 is 1.30 bits per heavy atom. The van der Waals surface area contributed by atoms with E-state index in [9.17, 15) is 4.79 Å². The van der Waals surface area contributed by atoms with Crippen LogP contribution in [0.1, 0.15) is 15.2 Å². The van der Waals surface area contributed by atoms with Crippen LogP contribution in [-0.4, -0.2) is 13.1 Å². The third-order valence-electron chi connectivity index (χ3n) is 2.96. The van der Waals surface area contributed by atoms with Crippen molar-refractivity contribution in [1.82, 2.24) is 0 Å². The molecule has 0 aliphatic heterocycles. The summed E-state index contributed by atoms with van der Waals surface area (Å²) in [5.41, 5.74) is 2.78. The molecule has 2 heterocycles. The molecule has 0 N–H and O–H groups in total. The molecule has 2 aromatic heterocycles. The molecule has 0 aliphatic carbocycles. The van der Waals surface area contributed by atoms with Gasteiger partial charge in [-0.2, -0.15) is 5.26 Å². The average molecular weight is 299 g/mol. The molecule has 3 rings (SSSR count). The van der Waals surface area contributed by atoms with Crippen LogP contribution in [0.25, 0.3) is 20.5 Å². The molecule has 20 heavy (non-hydrogen) atoms. The monoisotopic (exact) mass is 299 g/mol. The van der Waals surface area contributed by atoms with Gasteiger partial charge in [0.25, 0.3) is 0 Å². The van der Waals surface area contributed by atoms with Gasteiger partial charge < -0.3 is 4.74 Å². The Labute approximate surface area is 123 Å². The summed E-state index contributed by atoms with van der Waals surface area (Å²) in [7, 11) is 1.39. The first kappa shape index (κ1) is 12.9. The zero-order valence-corrected chi connectivity index (χ0v) is 12.2. The number of carbonyl (C=O) groups is 1. The van der Waals surface area contributed by atoms with Crippen LogP contribution in [0.15, 0.2) is 35.7 Å². The fraction of sp³-hybridized carbons (Fsp3) is 0.0667. The zero-order valence-electron chi connectivity index (χ0n) is 10.5. The van der Waals surface area contributed by atoms with E-state index in [1.807, 2.05) is 18.2 Å². The number of hydrogen-bond acceptors (Lipinski definition) is 5. The van der Waals surface area contributed by atoms with Crippen LogP contribution < -0.4 is 0 Å². The van der Waals surface area contributed by atoms with E-state index in [0.717, 1.165) is 20.5 Å². The van der Waals surface area contributed by atoms with Crippen molar-refractivity contribution in [2.24, 2.45) is 0 Å². The average Bonchev–Trinajstić information content (AvgIpc) is 3.06. The Balaban J connectivity index is 2.09. The second kappa shape index (κ2) is 5.08. The molecule has 3 aromatic rings. The topological polar surface area (TPSA) is 50.1 Å². The van der Waals surface area contributed by atoms with Crippen molar-refractivity contribution in [1.29, 1.82) is 5.26 Å². The van der Waals surface area contributed by atoms with Gasteiger partial charge in [-0.3, -0.25) is 0 Å². The normalized spacial score (nSPS) is 10.4. The lowest BCUT2D eigenvalue weighted by Gasteiger charge is -1.98. The fourth-order valence-corrected chi connectivity index (χ4v) is 4.28. The number of nitrogens with zero attached hydrogens (tertiary/aromatic N) is 1. The minimum absolute atomic E-state index is 0.302. The molecule has 1 aromatic carbocycles. The summed E-state index contributed by atoms with van der Waals surface area (Å²) in [5, 5.41) is 10.9. The Morgan fingerprint density at radius 2 is 2.05 bits per heavy atom. The van der Waals surface area contributed by atoms with Gasteiger partial charge in [0.2, 0.25) is 0 Å². The molecular formula is C15H9NO2S2. The van der Waals surface area contributed by atoms with E-state index in [1.165, 1.54) is 18.4 Å². The summed E-state index contributed by atoms with van der Waals surface area (Å²) >= 11 is 3.04. The van der Waals surface area contributed by atoms with E-state index in [4.69, 9.17) is 10.00 Å². The molecule has 0 amide bonds. The lowest BCUT2D eigenvalue weighted by molar-refractivity contribution is 0.0606. The summed E-state index contributed by atoms with van der Waals surface area (Å²) < 4.78 is 6.91. The number of benzene rings is 1. The van der Waals surface area contributed by atoms with Crippen LogP contribution >= 0.6 is 22.7 Å². The number of esters is 1. The third-order valence-corrected chi connectivity index (χ3v) is 5.17. The highest BCUT2D eigenvalue weighted by Gasteiger charge is 2.15. The summed E-state index contributed by atoms with van der Waals surface area (Å²) in [6, 6.07) is 11.4. The van der Waals surface area contributed by atoms with Crippen molar-refractivity contribution in [2.75, 3.05) is 7.11 Å². The maximum atomic E-state index is 11.6. The summed E-state index contributed by atoms with van der Waals surface area (Å²) in [5.74, 6) is -0.302. The second-order valence-corrected chi connectivity index (χ2v) is 6.10. The van der Waals surface area contributed by atoms with E-state index < -0.39 is 0 Å². The number of fused-ring (bicyclic) bond motifs is 1. The lowest BCUT2D eigenvalue weighted by atomic mass is 10.1. The van der Waals surface area contributed by atoms with Gasteiger partial charge in [-0.15, -0.1) is 22.7 Å². The number of methoxy groups -OCH3 is 1. The van der Waals surface area contributed by atoms with Gasteiger partial charge in [0.1, 0.15) is 4.88 Å². The van der Waals surface area contributed by atoms with Gasteiger partial charge in [-0.05, 0) is 23.8 Å². The van der Waals surface area contributed by atoms with Crippen molar-refractivity contribution in [3.63, 3.8) is 0 Å². The molecule has 0 saturated heterocycles. The fourth-order valence-electron chi connectivity index (χ4n) is 1.95. The van der Waals surface area contributed by atoms with Crippen molar-refractivity contribution in [3.05, 3.63) is 46.2 Å². The van der Waals surface area contributed by atoms with E-state index >= 15 is 0 Å². The highest BCUT2D eigenvalue weighted by atomic mass is 32.1. The van der Waals surface area contributed by atoms with Crippen LogP contribution in [0, 0.1) is 11.3 Å². The third kappa shape index (κ3) is 2.09. The van der Waals surface area contributed by atoms with Crippen molar-refractivity contribution >= 4 is 38.0 Å². The van der Waals surface area contributed by atoms with E-state index in [2.05, 4.69) is 11.4 Å². The standard InChI is InChI=1S/C15H9NO2S2/c1-18-15(17)13-6-12-14(20-13)11(8-19-12)10-4-2-9(7-16)3-5-10/h2-6,8H,1H3. The number of nitriles is 1. The first-order valence-corrected chi connectivity index (χ1v) is 7.52. The summed E-state index contributed by atoms with van der Waals surface area (Å²) in [4.78, 5) is 12.2. The highest BCUT2D eigenvalue weighted by Crippen LogP contribution is 2.39. The SMILES string of the molecule is COC(=O)c1cc2scc(-c3ccc(C#N)cc3)c2s1. The Bertz CT molecular complexity index is 822. The van der Waals surface area contributed by atoms with Gasteiger partial charge in [-0.1, -0.05) is 12.1 Å². The highest BCUT2D eigenvalue weighted by molar-refractivity contribution is 7.28. The lowest BCUT2D eigenvalue weighted by Crippen LogP contribution is -1.96. The van der Waals surface area contributed by atoms with Gasteiger partial charge >= 0.3 is 5.97 Å². The molecule has 0 radical (unpaired) electrons. The van der Waals surface area contributed by atoms with Crippen molar-refractivity contribution < 1.29 is 9.53 Å². The molecule has 0 unspecified atom stereocenters. The van der Waals surface area contributed by atoms with Crippen molar-refractivity contribution in [2.45, 2.75) is 0 Å². The van der Waals surface area contributed by atoms with Gasteiger partial charge in [0.15, 0.2) is 0 Å². The molecule has 0 spiro atoms. The quantitative estimate of drug-likeness (QED) is 0.663. The number of carbonyl (C=O) groups excluding carboxylic acids is 1. The van der Waals surface area contributed by atoms with Crippen molar-refractivity contribution in [3.8, 4) is 17.2 Å². The number of hydrogen-bond donors (Lipinski definition) is 0. The maximum Gasteiger partial charge on any atom is 0.348 e. The van der Waals surface area contributed by atoms with E-state index in [1.54, 1.807) is 23.5 Å². The predicted molar refractivity (Wildman–Crippen MR) is 81.2 cm³/mol. The van der Waals surface area contributed by atoms with Crippen LogP contribution in [0.2, 0.25) is 0 Å². The minimum atomic E-state index is -0.302. The summed E-state index contributed by atoms with van der Waals surface area (Å²) in [6.45, 7) is 0.